The highest BCUT2D eigenvalue weighted by Gasteiger charge is 2.12. The molecule has 0 aliphatic rings. The van der Waals surface area contributed by atoms with E-state index in [1.165, 1.54) is 18.2 Å². The van der Waals surface area contributed by atoms with Gasteiger partial charge in [-0.2, -0.15) is 0 Å². The number of nitro benzene ring substituents is 1. The summed E-state index contributed by atoms with van der Waals surface area (Å²) in [7, 11) is 0. The molecule has 0 saturated heterocycles. The average Bonchev–Trinajstić information content (AvgIpc) is 2.39. The monoisotopic (exact) mass is 280 g/mol. The molecule has 2 aromatic carbocycles. The van der Waals surface area contributed by atoms with E-state index in [1.54, 1.807) is 24.3 Å². The number of rotatable bonds is 4. The summed E-state index contributed by atoms with van der Waals surface area (Å²) in [5.74, 6) is -0.369. The number of hydrogen-bond donors (Lipinski definition) is 1. The minimum Gasteiger partial charge on any atom is -0.379 e. The predicted octanol–water partition coefficient (Wildman–Crippen LogP) is 4.00. The lowest BCUT2D eigenvalue weighted by molar-refractivity contribution is -0.384. The number of halogens is 2. The van der Waals surface area contributed by atoms with Gasteiger partial charge in [-0.15, -0.1) is 0 Å². The van der Waals surface area contributed by atoms with E-state index in [1.807, 2.05) is 0 Å². The Bertz CT molecular complexity index is 619. The molecule has 0 saturated carbocycles. The average molecular weight is 281 g/mol. The van der Waals surface area contributed by atoms with E-state index in [2.05, 4.69) is 5.32 Å². The third-order valence-electron chi connectivity index (χ3n) is 2.56. The molecule has 19 heavy (non-hydrogen) atoms. The van der Waals surface area contributed by atoms with Gasteiger partial charge in [0.15, 0.2) is 0 Å². The van der Waals surface area contributed by atoms with Crippen LogP contribution in [0.3, 0.4) is 0 Å². The zero-order valence-corrected chi connectivity index (χ0v) is 10.5. The molecule has 0 aromatic heterocycles. The number of nitrogens with zero attached hydrogens (tertiary/aromatic N) is 1. The van der Waals surface area contributed by atoms with Crippen LogP contribution in [0.15, 0.2) is 42.5 Å². The van der Waals surface area contributed by atoms with Crippen LogP contribution in [0.2, 0.25) is 5.02 Å². The molecule has 0 aliphatic heterocycles. The first-order valence-corrected chi connectivity index (χ1v) is 5.87. The van der Waals surface area contributed by atoms with Gasteiger partial charge in [0, 0.05) is 12.6 Å². The Kier molecular flexibility index (Phi) is 3.97. The molecule has 0 amide bonds. The second-order valence-electron chi connectivity index (χ2n) is 3.88. The molecule has 0 fully saturated rings. The molecule has 0 unspecified atom stereocenters. The molecule has 0 atom stereocenters. The van der Waals surface area contributed by atoms with Crippen molar-refractivity contribution in [3.63, 3.8) is 0 Å². The standard InChI is InChI=1S/C13H10ClFN2O2/c14-10-6-5-9(7-13(10)17(18)19)8-16-12-4-2-1-3-11(12)15/h1-7,16H,8H2. The van der Waals surface area contributed by atoms with Crippen molar-refractivity contribution in [3.8, 4) is 0 Å². The summed E-state index contributed by atoms with van der Waals surface area (Å²) in [5, 5.41) is 13.7. The molecule has 6 heteroatoms. The second kappa shape index (κ2) is 5.67. The molecular weight excluding hydrogens is 271 g/mol. The summed E-state index contributed by atoms with van der Waals surface area (Å²) in [4.78, 5) is 10.2. The Morgan fingerprint density at radius 2 is 2.00 bits per heavy atom. The predicted molar refractivity (Wildman–Crippen MR) is 71.8 cm³/mol. The zero-order valence-electron chi connectivity index (χ0n) is 9.77. The lowest BCUT2D eigenvalue weighted by Crippen LogP contribution is -2.02. The van der Waals surface area contributed by atoms with Gasteiger partial charge in [0.1, 0.15) is 10.8 Å². The summed E-state index contributed by atoms with van der Waals surface area (Å²) in [5.41, 5.74) is 0.842. The van der Waals surface area contributed by atoms with Crippen molar-refractivity contribution < 1.29 is 9.31 Å². The molecule has 0 heterocycles. The van der Waals surface area contributed by atoms with Crippen molar-refractivity contribution in [2.75, 3.05) is 5.32 Å². The van der Waals surface area contributed by atoms with Crippen LogP contribution in [0.5, 0.6) is 0 Å². The summed E-state index contributed by atoms with van der Waals surface area (Å²) in [6.07, 6.45) is 0. The normalized spacial score (nSPS) is 10.2. The van der Waals surface area contributed by atoms with E-state index in [0.717, 1.165) is 0 Å². The van der Waals surface area contributed by atoms with Gasteiger partial charge in [0.2, 0.25) is 0 Å². The van der Waals surface area contributed by atoms with E-state index >= 15 is 0 Å². The molecule has 0 radical (unpaired) electrons. The minimum absolute atomic E-state index is 0.0830. The molecule has 0 bridgehead atoms. The molecule has 98 valence electrons. The topological polar surface area (TPSA) is 55.2 Å². The van der Waals surface area contributed by atoms with Crippen LogP contribution in [0.25, 0.3) is 0 Å². The molecule has 2 rings (SSSR count). The van der Waals surface area contributed by atoms with Gasteiger partial charge in [-0.25, -0.2) is 4.39 Å². The molecule has 1 N–H and O–H groups in total. The van der Waals surface area contributed by atoms with Crippen molar-refractivity contribution in [3.05, 3.63) is 69.0 Å². The number of nitrogens with one attached hydrogen (secondary N) is 1. The maximum absolute atomic E-state index is 13.4. The third-order valence-corrected chi connectivity index (χ3v) is 2.88. The number of para-hydroxylation sites is 1. The maximum atomic E-state index is 13.4. The molecule has 4 nitrogen and oxygen atoms in total. The van der Waals surface area contributed by atoms with Crippen molar-refractivity contribution in [2.45, 2.75) is 6.54 Å². The van der Waals surface area contributed by atoms with Crippen LogP contribution in [-0.4, -0.2) is 4.92 Å². The van der Waals surface area contributed by atoms with Crippen LogP contribution in [0.1, 0.15) is 5.56 Å². The van der Waals surface area contributed by atoms with E-state index in [-0.39, 0.29) is 23.1 Å². The van der Waals surface area contributed by atoms with Crippen LogP contribution >= 0.6 is 11.6 Å². The Balaban J connectivity index is 2.14. The highest BCUT2D eigenvalue weighted by Crippen LogP contribution is 2.25. The zero-order chi connectivity index (χ0) is 13.8. The third kappa shape index (κ3) is 3.20. The fraction of sp³-hybridized carbons (Fsp3) is 0.0769. The molecular formula is C13H10ClFN2O2. The van der Waals surface area contributed by atoms with Crippen LogP contribution in [-0.2, 0) is 6.54 Å². The van der Waals surface area contributed by atoms with E-state index in [9.17, 15) is 14.5 Å². The SMILES string of the molecule is O=[N+]([O-])c1cc(CNc2ccccc2F)ccc1Cl. The van der Waals surface area contributed by atoms with Crippen LogP contribution in [0.4, 0.5) is 15.8 Å². The largest absolute Gasteiger partial charge is 0.379 e. The van der Waals surface area contributed by atoms with Gasteiger partial charge < -0.3 is 5.32 Å². The van der Waals surface area contributed by atoms with Gasteiger partial charge in [-0.3, -0.25) is 10.1 Å². The quantitative estimate of drug-likeness (QED) is 0.680. The first kappa shape index (κ1) is 13.3. The molecule has 0 spiro atoms. The van der Waals surface area contributed by atoms with Crippen molar-refractivity contribution in [1.82, 2.24) is 0 Å². The fourth-order valence-electron chi connectivity index (χ4n) is 1.61. The Hall–Kier alpha value is -2.14. The van der Waals surface area contributed by atoms with Crippen molar-refractivity contribution in [2.24, 2.45) is 0 Å². The van der Waals surface area contributed by atoms with E-state index in [0.29, 0.717) is 11.3 Å². The number of nitro groups is 1. The van der Waals surface area contributed by atoms with Gasteiger partial charge in [-0.05, 0) is 23.8 Å². The van der Waals surface area contributed by atoms with Crippen molar-refractivity contribution in [1.29, 1.82) is 0 Å². The van der Waals surface area contributed by atoms with Crippen LogP contribution < -0.4 is 5.32 Å². The number of hydrogen-bond acceptors (Lipinski definition) is 3. The summed E-state index contributed by atoms with van der Waals surface area (Å²) in [6, 6.07) is 10.7. The van der Waals surface area contributed by atoms with E-state index in [4.69, 9.17) is 11.6 Å². The highest BCUT2D eigenvalue weighted by atomic mass is 35.5. The summed E-state index contributed by atoms with van der Waals surface area (Å²) >= 11 is 5.71. The first-order valence-electron chi connectivity index (χ1n) is 5.49. The van der Waals surface area contributed by atoms with Gasteiger partial charge in [-0.1, -0.05) is 29.8 Å². The lowest BCUT2D eigenvalue weighted by atomic mass is 10.2. The summed E-state index contributed by atoms with van der Waals surface area (Å²) in [6.45, 7) is 0.277. The lowest BCUT2D eigenvalue weighted by Gasteiger charge is -2.07. The van der Waals surface area contributed by atoms with Crippen molar-refractivity contribution >= 4 is 23.0 Å². The van der Waals surface area contributed by atoms with E-state index < -0.39 is 4.92 Å². The first-order chi connectivity index (χ1) is 9.08. The molecule has 0 aliphatic carbocycles. The smallest absolute Gasteiger partial charge is 0.288 e. The fourth-order valence-corrected chi connectivity index (χ4v) is 1.80. The van der Waals surface area contributed by atoms with Gasteiger partial charge in [0.05, 0.1) is 10.6 Å². The number of anilines is 1. The van der Waals surface area contributed by atoms with Gasteiger partial charge >= 0.3 is 0 Å². The summed E-state index contributed by atoms with van der Waals surface area (Å²) < 4.78 is 13.4. The number of benzene rings is 2. The minimum atomic E-state index is -0.547. The van der Waals surface area contributed by atoms with Crippen LogP contribution in [0, 0.1) is 15.9 Å². The second-order valence-corrected chi connectivity index (χ2v) is 4.28. The molecule has 2 aromatic rings. The Morgan fingerprint density at radius 1 is 1.26 bits per heavy atom. The Labute approximate surface area is 114 Å². The highest BCUT2D eigenvalue weighted by molar-refractivity contribution is 6.32. The maximum Gasteiger partial charge on any atom is 0.288 e. The Morgan fingerprint density at radius 3 is 2.68 bits per heavy atom. The van der Waals surface area contributed by atoms with Gasteiger partial charge in [0.25, 0.3) is 5.69 Å².